The second-order valence-electron chi connectivity index (χ2n) is 2.61. The number of aliphatic hydroxyl groups excluding tert-OH is 1. The third kappa shape index (κ3) is 1.28. The maximum absolute atomic E-state index is 8.98. The average Bonchev–Trinajstić information content (AvgIpc) is 2.59. The molecule has 13 heavy (non-hydrogen) atoms. The van der Waals surface area contributed by atoms with E-state index in [1.54, 1.807) is 12.3 Å². The monoisotopic (exact) mass is 190 g/mol. The fraction of sp³-hybridized carbons (Fsp3) is 0.111. The number of thiophene rings is 1. The van der Waals surface area contributed by atoms with Crippen LogP contribution in [0.4, 0.5) is 0 Å². The first-order valence-electron chi connectivity index (χ1n) is 3.72. The van der Waals surface area contributed by atoms with Gasteiger partial charge in [-0.15, -0.1) is 11.3 Å². The molecule has 0 saturated heterocycles. The lowest BCUT2D eigenvalue weighted by molar-refractivity contribution is 0.284. The summed E-state index contributed by atoms with van der Waals surface area (Å²) in [5.74, 6) is 0. The second kappa shape index (κ2) is 3.13. The van der Waals surface area contributed by atoms with Gasteiger partial charge in [0.2, 0.25) is 0 Å². The summed E-state index contributed by atoms with van der Waals surface area (Å²) in [7, 11) is 0. The van der Waals surface area contributed by atoms with E-state index in [1.165, 1.54) is 11.3 Å². The van der Waals surface area contributed by atoms with Gasteiger partial charge >= 0.3 is 0 Å². The van der Waals surface area contributed by atoms with Crippen molar-refractivity contribution < 1.29 is 5.11 Å². The van der Waals surface area contributed by atoms with E-state index in [9.17, 15) is 0 Å². The largest absolute Gasteiger partial charge is 0.392 e. The fourth-order valence-electron chi connectivity index (χ4n) is 1.15. The van der Waals surface area contributed by atoms with Gasteiger partial charge in [-0.1, -0.05) is 0 Å². The molecule has 2 aromatic heterocycles. The minimum Gasteiger partial charge on any atom is -0.392 e. The van der Waals surface area contributed by atoms with E-state index in [4.69, 9.17) is 10.4 Å². The minimum absolute atomic E-state index is 0.00341. The summed E-state index contributed by atoms with van der Waals surface area (Å²) in [5, 5.41) is 20.4. The first-order valence-corrected chi connectivity index (χ1v) is 4.60. The standard InChI is InChI=1S/C9H6N2OS/c10-2-6-1-8-7(4-12)5-13-9(8)11-3-6/h1,3,5,12H,4H2. The van der Waals surface area contributed by atoms with Crippen LogP contribution in [0.2, 0.25) is 0 Å². The molecule has 3 nitrogen and oxygen atoms in total. The molecule has 0 unspecified atom stereocenters. The van der Waals surface area contributed by atoms with Crippen LogP contribution < -0.4 is 0 Å². The molecule has 0 amide bonds. The molecule has 0 atom stereocenters. The zero-order valence-corrected chi connectivity index (χ0v) is 7.51. The number of aliphatic hydroxyl groups is 1. The van der Waals surface area contributed by atoms with Crippen molar-refractivity contribution in [3.63, 3.8) is 0 Å². The van der Waals surface area contributed by atoms with Crippen LogP contribution in [-0.2, 0) is 6.61 Å². The lowest BCUT2D eigenvalue weighted by atomic mass is 10.2. The number of nitriles is 1. The molecule has 2 rings (SSSR count). The molecule has 0 radical (unpaired) electrons. The van der Waals surface area contributed by atoms with Crippen LogP contribution in [-0.4, -0.2) is 10.1 Å². The quantitative estimate of drug-likeness (QED) is 0.744. The third-order valence-electron chi connectivity index (χ3n) is 1.81. The van der Waals surface area contributed by atoms with Crippen LogP contribution in [0.3, 0.4) is 0 Å². The molecule has 0 aromatic carbocycles. The molecule has 0 spiro atoms. The van der Waals surface area contributed by atoms with Gasteiger partial charge < -0.3 is 5.11 Å². The number of hydrogen-bond donors (Lipinski definition) is 1. The number of hydrogen-bond acceptors (Lipinski definition) is 4. The molecule has 2 aromatic rings. The lowest BCUT2D eigenvalue weighted by Crippen LogP contribution is -1.82. The van der Waals surface area contributed by atoms with Crippen molar-refractivity contribution in [2.45, 2.75) is 6.61 Å². The molecular weight excluding hydrogens is 184 g/mol. The third-order valence-corrected chi connectivity index (χ3v) is 2.76. The Morgan fingerprint density at radius 3 is 3.15 bits per heavy atom. The average molecular weight is 190 g/mol. The van der Waals surface area contributed by atoms with Crippen LogP contribution in [0.15, 0.2) is 17.6 Å². The van der Waals surface area contributed by atoms with Crippen molar-refractivity contribution in [1.82, 2.24) is 4.98 Å². The molecule has 0 bridgehead atoms. The normalized spacial score (nSPS) is 10.2. The van der Waals surface area contributed by atoms with Crippen molar-refractivity contribution in [2.75, 3.05) is 0 Å². The van der Waals surface area contributed by atoms with Gasteiger partial charge in [-0.25, -0.2) is 4.98 Å². The number of aromatic nitrogens is 1. The number of pyridine rings is 1. The van der Waals surface area contributed by atoms with E-state index in [0.717, 1.165) is 15.8 Å². The van der Waals surface area contributed by atoms with Crippen molar-refractivity contribution in [3.05, 3.63) is 28.8 Å². The van der Waals surface area contributed by atoms with E-state index in [-0.39, 0.29) is 6.61 Å². The Kier molecular flexibility index (Phi) is 1.97. The van der Waals surface area contributed by atoms with Crippen molar-refractivity contribution in [2.24, 2.45) is 0 Å². The van der Waals surface area contributed by atoms with Gasteiger partial charge in [-0.2, -0.15) is 5.26 Å². The smallest absolute Gasteiger partial charge is 0.123 e. The summed E-state index contributed by atoms with van der Waals surface area (Å²) in [6.07, 6.45) is 1.54. The first-order chi connectivity index (χ1) is 6.35. The molecule has 0 aliphatic rings. The molecule has 0 aliphatic heterocycles. The van der Waals surface area contributed by atoms with Gasteiger partial charge in [0.15, 0.2) is 0 Å². The molecule has 64 valence electrons. The Morgan fingerprint density at radius 2 is 2.46 bits per heavy atom. The van der Waals surface area contributed by atoms with Crippen molar-refractivity contribution in [3.8, 4) is 6.07 Å². The Balaban J connectivity index is 2.73. The van der Waals surface area contributed by atoms with Gasteiger partial charge in [0.1, 0.15) is 10.9 Å². The van der Waals surface area contributed by atoms with Gasteiger partial charge in [0.05, 0.1) is 12.2 Å². The Morgan fingerprint density at radius 1 is 1.62 bits per heavy atom. The fourth-order valence-corrected chi connectivity index (χ4v) is 2.04. The first kappa shape index (κ1) is 8.17. The highest BCUT2D eigenvalue weighted by molar-refractivity contribution is 7.16. The summed E-state index contributed by atoms with van der Waals surface area (Å²) in [4.78, 5) is 4.97. The highest BCUT2D eigenvalue weighted by Gasteiger charge is 2.04. The molecule has 2 heterocycles. The van der Waals surface area contributed by atoms with Crippen molar-refractivity contribution >= 4 is 21.6 Å². The van der Waals surface area contributed by atoms with E-state index < -0.39 is 0 Å². The number of fused-ring (bicyclic) bond motifs is 1. The van der Waals surface area contributed by atoms with Gasteiger partial charge in [-0.05, 0) is 17.0 Å². The predicted molar refractivity (Wildman–Crippen MR) is 50.3 cm³/mol. The molecule has 0 saturated carbocycles. The molecule has 0 fully saturated rings. The molecular formula is C9H6N2OS. The highest BCUT2D eigenvalue weighted by Crippen LogP contribution is 2.24. The second-order valence-corrected chi connectivity index (χ2v) is 3.47. The molecule has 4 heteroatoms. The lowest BCUT2D eigenvalue weighted by Gasteiger charge is -1.92. The highest BCUT2D eigenvalue weighted by atomic mass is 32.1. The van der Waals surface area contributed by atoms with Crippen LogP contribution in [0.1, 0.15) is 11.1 Å². The predicted octanol–water partition coefficient (Wildman–Crippen LogP) is 1.66. The minimum atomic E-state index is -0.00341. The zero-order valence-electron chi connectivity index (χ0n) is 6.69. The Hall–Kier alpha value is -1.44. The Labute approximate surface area is 78.9 Å². The summed E-state index contributed by atoms with van der Waals surface area (Å²) in [6.45, 7) is -0.00341. The van der Waals surface area contributed by atoms with E-state index in [1.807, 2.05) is 11.4 Å². The Bertz CT molecular complexity index is 484. The summed E-state index contributed by atoms with van der Waals surface area (Å²) in [5.41, 5.74) is 1.37. The summed E-state index contributed by atoms with van der Waals surface area (Å²) >= 11 is 1.48. The van der Waals surface area contributed by atoms with Crippen LogP contribution in [0, 0.1) is 11.3 Å². The summed E-state index contributed by atoms with van der Waals surface area (Å²) in [6, 6.07) is 3.78. The maximum atomic E-state index is 8.98. The maximum Gasteiger partial charge on any atom is 0.123 e. The number of nitrogens with zero attached hydrogens (tertiary/aromatic N) is 2. The summed E-state index contributed by atoms with van der Waals surface area (Å²) < 4.78 is 0. The van der Waals surface area contributed by atoms with Gasteiger partial charge in [0, 0.05) is 11.6 Å². The van der Waals surface area contributed by atoms with E-state index >= 15 is 0 Å². The van der Waals surface area contributed by atoms with E-state index in [0.29, 0.717) is 5.56 Å². The topological polar surface area (TPSA) is 56.9 Å². The van der Waals surface area contributed by atoms with E-state index in [2.05, 4.69) is 4.98 Å². The van der Waals surface area contributed by atoms with Crippen molar-refractivity contribution in [1.29, 1.82) is 5.26 Å². The molecule has 1 N–H and O–H groups in total. The van der Waals surface area contributed by atoms with Gasteiger partial charge in [-0.3, -0.25) is 0 Å². The van der Waals surface area contributed by atoms with Gasteiger partial charge in [0.25, 0.3) is 0 Å². The van der Waals surface area contributed by atoms with Crippen LogP contribution >= 0.6 is 11.3 Å². The SMILES string of the molecule is N#Cc1cnc2scc(CO)c2c1. The zero-order chi connectivity index (χ0) is 9.26. The molecule has 0 aliphatic carbocycles. The van der Waals surface area contributed by atoms with Crippen LogP contribution in [0.5, 0.6) is 0 Å². The number of rotatable bonds is 1. The van der Waals surface area contributed by atoms with Crippen LogP contribution in [0.25, 0.3) is 10.2 Å².